The van der Waals surface area contributed by atoms with Gasteiger partial charge in [0, 0.05) is 31.6 Å². The zero-order chi connectivity index (χ0) is 22.1. The molecule has 1 atom stereocenters. The highest BCUT2D eigenvalue weighted by molar-refractivity contribution is 5.82. The summed E-state index contributed by atoms with van der Waals surface area (Å²) in [6.45, 7) is 6.52. The number of ether oxygens (including phenoxy) is 1. The van der Waals surface area contributed by atoms with Crippen LogP contribution in [0, 0.1) is 5.92 Å². The Morgan fingerprint density at radius 3 is 2.84 bits per heavy atom. The second-order valence-corrected chi connectivity index (χ2v) is 8.71. The number of aliphatic carboxylic acids is 1. The van der Waals surface area contributed by atoms with Crippen molar-refractivity contribution in [3.63, 3.8) is 0 Å². The number of fused-ring (bicyclic) bond motifs is 1. The smallest absolute Gasteiger partial charge is 0.326 e. The maximum atomic E-state index is 11.4. The molecule has 1 aromatic rings. The van der Waals surface area contributed by atoms with Crippen molar-refractivity contribution in [3.05, 3.63) is 23.4 Å². The van der Waals surface area contributed by atoms with E-state index >= 15 is 0 Å². The first-order valence-corrected chi connectivity index (χ1v) is 11.5. The number of nitrogens with one attached hydrogen (secondary N) is 2. The van der Waals surface area contributed by atoms with Crippen LogP contribution < -0.4 is 10.6 Å². The Balaban J connectivity index is 1.44. The fourth-order valence-electron chi connectivity index (χ4n) is 4.12. The molecule has 0 aromatic carbocycles. The van der Waals surface area contributed by atoms with Gasteiger partial charge in [0.1, 0.15) is 11.9 Å². The van der Waals surface area contributed by atoms with Gasteiger partial charge in [-0.15, -0.1) is 0 Å². The minimum absolute atomic E-state index is 0.308. The zero-order valence-electron chi connectivity index (χ0n) is 18.6. The SMILES string of the molecule is CC(=O)NC(CCN(CCCCc1ccc2c(n1)NCCC2)CCC1COC1)C(=O)O. The number of carbonyl (C=O) groups excluding carboxylic acids is 1. The predicted octanol–water partition coefficient (Wildman–Crippen LogP) is 2.08. The van der Waals surface area contributed by atoms with Gasteiger partial charge < -0.3 is 25.4 Å². The molecule has 8 nitrogen and oxygen atoms in total. The van der Waals surface area contributed by atoms with E-state index in [1.807, 2.05) is 0 Å². The van der Waals surface area contributed by atoms with Gasteiger partial charge in [-0.2, -0.15) is 0 Å². The van der Waals surface area contributed by atoms with E-state index in [0.717, 1.165) is 76.5 Å². The lowest BCUT2D eigenvalue weighted by Gasteiger charge is -2.30. The van der Waals surface area contributed by atoms with Gasteiger partial charge in [0.05, 0.1) is 13.2 Å². The first-order chi connectivity index (χ1) is 15.0. The van der Waals surface area contributed by atoms with Crippen molar-refractivity contribution in [2.24, 2.45) is 5.92 Å². The summed E-state index contributed by atoms with van der Waals surface area (Å²) in [5.41, 5.74) is 2.44. The number of hydrogen-bond donors (Lipinski definition) is 3. The highest BCUT2D eigenvalue weighted by Crippen LogP contribution is 2.20. The lowest BCUT2D eigenvalue weighted by molar-refractivity contribution is -0.141. The molecule has 3 rings (SSSR count). The fourth-order valence-corrected chi connectivity index (χ4v) is 4.12. The van der Waals surface area contributed by atoms with Gasteiger partial charge in [-0.3, -0.25) is 4.79 Å². The summed E-state index contributed by atoms with van der Waals surface area (Å²) in [6, 6.07) is 3.51. The number of carboxylic acid groups (broad SMARTS) is 1. The van der Waals surface area contributed by atoms with Crippen LogP contribution in [0.4, 0.5) is 5.82 Å². The summed E-state index contributed by atoms with van der Waals surface area (Å²) in [7, 11) is 0. The highest BCUT2D eigenvalue weighted by atomic mass is 16.5. The average Bonchev–Trinajstić information content (AvgIpc) is 2.71. The summed E-state index contributed by atoms with van der Waals surface area (Å²) in [5, 5.41) is 15.3. The van der Waals surface area contributed by atoms with E-state index in [1.54, 1.807) is 0 Å². The van der Waals surface area contributed by atoms with Crippen LogP contribution in [-0.4, -0.2) is 72.3 Å². The Kier molecular flexibility index (Phi) is 9.09. The van der Waals surface area contributed by atoms with E-state index in [0.29, 0.717) is 18.9 Å². The van der Waals surface area contributed by atoms with E-state index in [-0.39, 0.29) is 5.91 Å². The molecule has 2 aliphatic heterocycles. The molecule has 0 aliphatic carbocycles. The van der Waals surface area contributed by atoms with E-state index in [9.17, 15) is 14.7 Å². The van der Waals surface area contributed by atoms with Gasteiger partial charge in [0.15, 0.2) is 0 Å². The van der Waals surface area contributed by atoms with Gasteiger partial charge in [-0.05, 0) is 69.7 Å². The van der Waals surface area contributed by atoms with E-state index < -0.39 is 12.0 Å². The van der Waals surface area contributed by atoms with Crippen molar-refractivity contribution < 1.29 is 19.4 Å². The Hall–Kier alpha value is -2.19. The number of carbonyl (C=O) groups is 2. The first kappa shape index (κ1) is 23.5. The molecule has 1 unspecified atom stereocenters. The Morgan fingerprint density at radius 2 is 2.13 bits per heavy atom. The summed E-state index contributed by atoms with van der Waals surface area (Å²) >= 11 is 0. The number of aromatic nitrogens is 1. The van der Waals surface area contributed by atoms with Crippen molar-refractivity contribution in [3.8, 4) is 0 Å². The lowest BCUT2D eigenvalue weighted by atomic mass is 10.0. The molecular weight excluding hydrogens is 396 g/mol. The maximum absolute atomic E-state index is 11.4. The topological polar surface area (TPSA) is 104 Å². The molecule has 3 heterocycles. The Labute approximate surface area is 184 Å². The Bertz CT molecular complexity index is 738. The van der Waals surface area contributed by atoms with E-state index in [4.69, 9.17) is 9.72 Å². The fraction of sp³-hybridized carbons (Fsp3) is 0.696. The molecule has 1 fully saturated rings. The van der Waals surface area contributed by atoms with E-state index in [1.165, 1.54) is 18.9 Å². The number of carboxylic acids is 1. The standard InChI is InChI=1S/C23H36N4O4/c1-17(28)25-21(23(29)30)10-14-27(13-9-18-15-31-16-18)12-3-2-6-20-8-7-19-5-4-11-24-22(19)26-20/h7-8,18,21H,2-6,9-16H2,1H3,(H,24,26)(H,25,28)(H,29,30). The molecule has 0 bridgehead atoms. The minimum atomic E-state index is -0.977. The Morgan fingerprint density at radius 1 is 1.29 bits per heavy atom. The largest absolute Gasteiger partial charge is 0.480 e. The zero-order valence-corrected chi connectivity index (χ0v) is 18.6. The third-order valence-corrected chi connectivity index (χ3v) is 6.08. The van der Waals surface area contributed by atoms with Crippen LogP contribution in [0.15, 0.2) is 12.1 Å². The van der Waals surface area contributed by atoms with Gasteiger partial charge >= 0.3 is 5.97 Å². The monoisotopic (exact) mass is 432 g/mol. The van der Waals surface area contributed by atoms with Gasteiger partial charge in [0.2, 0.25) is 5.91 Å². The van der Waals surface area contributed by atoms with Crippen molar-refractivity contribution >= 4 is 17.7 Å². The van der Waals surface area contributed by atoms with E-state index in [2.05, 4.69) is 27.7 Å². The highest BCUT2D eigenvalue weighted by Gasteiger charge is 2.22. The van der Waals surface area contributed by atoms with Crippen LogP contribution >= 0.6 is 0 Å². The van der Waals surface area contributed by atoms with Crippen molar-refractivity contribution in [2.75, 3.05) is 44.7 Å². The van der Waals surface area contributed by atoms with Gasteiger partial charge in [-0.1, -0.05) is 6.07 Å². The van der Waals surface area contributed by atoms with Crippen LogP contribution in [0.25, 0.3) is 0 Å². The molecule has 3 N–H and O–H groups in total. The second-order valence-electron chi connectivity index (χ2n) is 8.71. The number of pyridine rings is 1. The van der Waals surface area contributed by atoms with Crippen molar-refractivity contribution in [1.82, 2.24) is 15.2 Å². The third kappa shape index (κ3) is 7.78. The number of aryl methyl sites for hydroxylation is 2. The van der Waals surface area contributed by atoms with Crippen molar-refractivity contribution in [1.29, 1.82) is 0 Å². The van der Waals surface area contributed by atoms with Crippen LogP contribution in [0.1, 0.15) is 50.3 Å². The molecule has 1 aromatic heterocycles. The third-order valence-electron chi connectivity index (χ3n) is 6.08. The molecule has 2 aliphatic rings. The summed E-state index contributed by atoms with van der Waals surface area (Å²) in [6.07, 6.45) is 6.77. The van der Waals surface area contributed by atoms with Crippen molar-refractivity contribution in [2.45, 2.75) is 57.9 Å². The molecule has 1 saturated heterocycles. The first-order valence-electron chi connectivity index (χ1n) is 11.5. The molecule has 1 amide bonds. The van der Waals surface area contributed by atoms with Crippen LogP contribution in [-0.2, 0) is 27.2 Å². The average molecular weight is 433 g/mol. The van der Waals surface area contributed by atoms with Crippen LogP contribution in [0.2, 0.25) is 0 Å². The molecule has 0 saturated carbocycles. The molecule has 31 heavy (non-hydrogen) atoms. The lowest BCUT2D eigenvalue weighted by Crippen LogP contribution is -2.43. The van der Waals surface area contributed by atoms with Crippen LogP contribution in [0.3, 0.4) is 0 Å². The predicted molar refractivity (Wildman–Crippen MR) is 119 cm³/mol. The molecule has 172 valence electrons. The second kappa shape index (κ2) is 12.0. The molecule has 8 heteroatoms. The van der Waals surface area contributed by atoms with Crippen LogP contribution in [0.5, 0.6) is 0 Å². The molecule has 0 spiro atoms. The number of anilines is 1. The summed E-state index contributed by atoms with van der Waals surface area (Å²) in [4.78, 5) is 29.8. The molecular formula is C23H36N4O4. The molecule has 0 radical (unpaired) electrons. The van der Waals surface area contributed by atoms with Gasteiger partial charge in [-0.25, -0.2) is 9.78 Å². The normalized spacial score (nSPS) is 16.8. The summed E-state index contributed by atoms with van der Waals surface area (Å²) in [5.74, 6) is 0.373. The number of unbranched alkanes of at least 4 members (excludes halogenated alkanes) is 1. The minimum Gasteiger partial charge on any atom is -0.480 e. The number of amides is 1. The summed E-state index contributed by atoms with van der Waals surface area (Å²) < 4.78 is 5.27. The number of rotatable bonds is 13. The van der Waals surface area contributed by atoms with Gasteiger partial charge in [0.25, 0.3) is 0 Å². The quantitative estimate of drug-likeness (QED) is 0.410. The maximum Gasteiger partial charge on any atom is 0.326 e. The number of hydrogen-bond acceptors (Lipinski definition) is 6. The number of nitrogens with zero attached hydrogens (tertiary/aromatic N) is 2.